The molecular formula is C27H40F2N4O3. The van der Waals surface area contributed by atoms with E-state index in [4.69, 9.17) is 5.26 Å². The minimum Gasteiger partial charge on any atom is -0.344 e. The van der Waals surface area contributed by atoms with E-state index in [1.54, 1.807) is 19.1 Å². The van der Waals surface area contributed by atoms with Crippen LogP contribution in [0.2, 0.25) is 0 Å². The molecule has 0 aromatic rings. The molecule has 0 radical (unpaired) electrons. The highest BCUT2D eigenvalue weighted by Gasteiger charge is 2.49. The maximum atomic E-state index is 13.1. The molecule has 2 saturated heterocycles. The third kappa shape index (κ3) is 10.3. The lowest BCUT2D eigenvalue weighted by atomic mass is 10.0. The Kier molecular flexibility index (Phi) is 11.5. The van der Waals surface area contributed by atoms with Crippen molar-refractivity contribution in [3.63, 3.8) is 0 Å². The molecule has 1 N–H and O–H groups in total. The second-order valence-electron chi connectivity index (χ2n) is 10.8. The number of allylic oxidation sites excluding steroid dienone is 2. The van der Waals surface area contributed by atoms with Crippen LogP contribution in [0, 0.1) is 16.7 Å². The van der Waals surface area contributed by atoms with Crippen LogP contribution in [0.3, 0.4) is 0 Å². The van der Waals surface area contributed by atoms with Crippen molar-refractivity contribution in [1.82, 2.24) is 15.1 Å². The largest absolute Gasteiger partial charge is 0.344 e. The molecule has 0 spiro atoms. The van der Waals surface area contributed by atoms with Gasteiger partial charge < -0.3 is 15.1 Å². The maximum Gasteiger partial charge on any atom is 0.268 e. The van der Waals surface area contributed by atoms with Gasteiger partial charge in [0.25, 0.3) is 5.92 Å². The number of alkyl halides is 2. The molecule has 3 rings (SSSR count). The van der Waals surface area contributed by atoms with Crippen LogP contribution in [-0.2, 0) is 14.4 Å². The zero-order chi connectivity index (χ0) is 27.7. The smallest absolute Gasteiger partial charge is 0.268 e. The molecule has 3 amide bonds. The van der Waals surface area contributed by atoms with Gasteiger partial charge in [0.15, 0.2) is 0 Å². The second-order valence-corrected chi connectivity index (χ2v) is 10.8. The van der Waals surface area contributed by atoms with E-state index in [0.717, 1.165) is 24.4 Å². The van der Waals surface area contributed by atoms with Gasteiger partial charge in [-0.3, -0.25) is 14.4 Å². The molecule has 0 bridgehead atoms. The molecule has 0 aromatic heterocycles. The standard InChI is InChI=1S/C12H17NO.C10H11F2N3O2.C5H12/c1-4-6-7-12-9-13(10(3)14)8-11(12)5-2;11-10(12)3-6(4-13)15(5-10)9(17)7-1-2-8(16)14-7;1-5(2,3)4/h4,6-7H,1,5,8-9H2,2-3H3;6-7H,1-3,5H2,(H,14,16);1-4H3/b7-6-;;. The number of rotatable bonds is 4. The van der Waals surface area contributed by atoms with Crippen LogP contribution in [-0.4, -0.2) is 65.2 Å². The average Bonchev–Trinajstić information content (AvgIpc) is 3.47. The number of amides is 3. The SMILES string of the molecule is C=C/C=C\C1=C(CC)CN(C(C)=O)C1.CC(C)(C)C.N#CC1CC(F)(F)CN1C(=O)C1CCC(=O)N1. The minimum atomic E-state index is -3.02. The third-order valence-electron chi connectivity index (χ3n) is 5.50. The van der Waals surface area contributed by atoms with Crippen LogP contribution < -0.4 is 5.32 Å². The van der Waals surface area contributed by atoms with E-state index < -0.39 is 36.9 Å². The zero-order valence-corrected chi connectivity index (χ0v) is 22.4. The van der Waals surface area contributed by atoms with Crippen molar-refractivity contribution in [3.8, 4) is 6.07 Å². The highest BCUT2D eigenvalue weighted by molar-refractivity contribution is 5.91. The van der Waals surface area contributed by atoms with E-state index in [0.29, 0.717) is 11.8 Å². The molecule has 3 heterocycles. The van der Waals surface area contributed by atoms with Crippen LogP contribution in [0.4, 0.5) is 8.78 Å². The predicted octanol–water partition coefficient (Wildman–Crippen LogP) is 4.37. The Bertz CT molecular complexity index is 922. The molecule has 2 fully saturated rings. The maximum absolute atomic E-state index is 13.1. The van der Waals surface area contributed by atoms with Crippen LogP contribution in [0.15, 0.2) is 36.0 Å². The van der Waals surface area contributed by atoms with Crippen LogP contribution in [0.25, 0.3) is 0 Å². The number of carbonyl (C=O) groups excluding carboxylic acids is 3. The summed E-state index contributed by atoms with van der Waals surface area (Å²) in [6.45, 7) is 16.9. The number of hydrogen-bond acceptors (Lipinski definition) is 4. The number of halogens is 2. The third-order valence-corrected chi connectivity index (χ3v) is 5.50. The van der Waals surface area contributed by atoms with Gasteiger partial charge in [0.05, 0.1) is 12.6 Å². The van der Waals surface area contributed by atoms with Crippen molar-refractivity contribution in [2.75, 3.05) is 19.6 Å². The van der Waals surface area contributed by atoms with Gasteiger partial charge in [-0.25, -0.2) is 8.78 Å². The summed E-state index contributed by atoms with van der Waals surface area (Å²) < 4.78 is 26.2. The van der Waals surface area contributed by atoms with E-state index in [2.05, 4.69) is 52.6 Å². The fourth-order valence-electron chi connectivity index (χ4n) is 3.78. The lowest BCUT2D eigenvalue weighted by molar-refractivity contribution is -0.135. The molecule has 36 heavy (non-hydrogen) atoms. The lowest BCUT2D eigenvalue weighted by Crippen LogP contribution is -2.46. The van der Waals surface area contributed by atoms with Gasteiger partial charge in [0.2, 0.25) is 17.7 Å². The summed E-state index contributed by atoms with van der Waals surface area (Å²) in [5.74, 6) is -3.71. The minimum absolute atomic E-state index is 0.151. The summed E-state index contributed by atoms with van der Waals surface area (Å²) >= 11 is 0. The Morgan fingerprint density at radius 2 is 1.89 bits per heavy atom. The monoisotopic (exact) mass is 506 g/mol. The molecule has 200 valence electrons. The molecular weight excluding hydrogens is 466 g/mol. The Balaban J connectivity index is 0.000000308. The number of likely N-dealkylation sites (tertiary alicyclic amines) is 1. The average molecular weight is 507 g/mol. The molecule has 7 nitrogen and oxygen atoms in total. The van der Waals surface area contributed by atoms with Crippen molar-refractivity contribution >= 4 is 17.7 Å². The van der Waals surface area contributed by atoms with Gasteiger partial charge in [-0.15, -0.1) is 0 Å². The highest BCUT2D eigenvalue weighted by Crippen LogP contribution is 2.32. The molecule has 3 aliphatic rings. The van der Waals surface area contributed by atoms with E-state index >= 15 is 0 Å². The van der Waals surface area contributed by atoms with Gasteiger partial charge in [-0.05, 0) is 29.4 Å². The van der Waals surface area contributed by atoms with Gasteiger partial charge in [-0.2, -0.15) is 5.26 Å². The molecule has 2 unspecified atom stereocenters. The first-order valence-electron chi connectivity index (χ1n) is 12.2. The van der Waals surface area contributed by atoms with Crippen LogP contribution in [0.5, 0.6) is 0 Å². The fourth-order valence-corrected chi connectivity index (χ4v) is 3.78. The van der Waals surface area contributed by atoms with Gasteiger partial charge in [0.1, 0.15) is 12.1 Å². The first-order chi connectivity index (χ1) is 16.6. The van der Waals surface area contributed by atoms with Crippen LogP contribution in [0.1, 0.15) is 67.2 Å². The summed E-state index contributed by atoms with van der Waals surface area (Å²) in [4.78, 5) is 36.7. The Hall–Kier alpha value is -3.02. The molecule has 2 atom stereocenters. The van der Waals surface area contributed by atoms with Crippen molar-refractivity contribution < 1.29 is 23.2 Å². The van der Waals surface area contributed by atoms with Crippen molar-refractivity contribution in [3.05, 3.63) is 36.0 Å². The summed E-state index contributed by atoms with van der Waals surface area (Å²) in [7, 11) is 0. The van der Waals surface area contributed by atoms with E-state index in [1.807, 2.05) is 11.0 Å². The lowest BCUT2D eigenvalue weighted by Gasteiger charge is -2.22. The number of nitrogens with one attached hydrogen (secondary N) is 1. The van der Waals surface area contributed by atoms with Crippen molar-refractivity contribution in [2.45, 2.75) is 85.2 Å². The Labute approximate surface area is 213 Å². The van der Waals surface area contributed by atoms with Crippen molar-refractivity contribution in [2.24, 2.45) is 5.41 Å². The number of nitriles is 1. The number of hydrogen-bond donors (Lipinski definition) is 1. The van der Waals surface area contributed by atoms with E-state index in [9.17, 15) is 23.2 Å². The second kappa shape index (κ2) is 13.3. The summed E-state index contributed by atoms with van der Waals surface area (Å²) in [5, 5.41) is 11.2. The highest BCUT2D eigenvalue weighted by atomic mass is 19.3. The van der Waals surface area contributed by atoms with E-state index in [-0.39, 0.29) is 18.2 Å². The first kappa shape index (κ1) is 31.0. The molecule has 0 saturated carbocycles. The number of nitrogens with zero attached hydrogens (tertiary/aromatic N) is 3. The molecule has 9 heteroatoms. The summed E-state index contributed by atoms with van der Waals surface area (Å²) in [6.07, 6.45) is 6.65. The van der Waals surface area contributed by atoms with Gasteiger partial charge in [0, 0.05) is 32.9 Å². The quantitative estimate of drug-likeness (QED) is 0.573. The zero-order valence-electron chi connectivity index (χ0n) is 22.4. The summed E-state index contributed by atoms with van der Waals surface area (Å²) in [6, 6.07) is -0.161. The van der Waals surface area contributed by atoms with E-state index in [1.165, 1.54) is 11.1 Å². The fraction of sp³-hybridized carbons (Fsp3) is 0.630. The van der Waals surface area contributed by atoms with Crippen LogP contribution >= 0.6 is 0 Å². The first-order valence-corrected chi connectivity index (χ1v) is 12.2. The Morgan fingerprint density at radius 1 is 1.28 bits per heavy atom. The normalized spacial score (nSPS) is 22.9. The molecule has 0 aromatic carbocycles. The number of carbonyl (C=O) groups is 3. The van der Waals surface area contributed by atoms with Crippen molar-refractivity contribution in [1.29, 1.82) is 5.26 Å². The molecule has 0 aliphatic carbocycles. The molecule has 3 aliphatic heterocycles. The Morgan fingerprint density at radius 3 is 2.33 bits per heavy atom. The topological polar surface area (TPSA) is 93.5 Å². The van der Waals surface area contributed by atoms with Gasteiger partial charge in [-0.1, -0.05) is 59.4 Å². The predicted molar refractivity (Wildman–Crippen MR) is 136 cm³/mol. The van der Waals surface area contributed by atoms with Gasteiger partial charge >= 0.3 is 0 Å². The summed E-state index contributed by atoms with van der Waals surface area (Å²) in [5.41, 5.74) is 3.13.